The van der Waals surface area contributed by atoms with Crippen LogP contribution in [0.5, 0.6) is 0 Å². The third-order valence-corrected chi connectivity index (χ3v) is 3.23. The van der Waals surface area contributed by atoms with Crippen LogP contribution in [-0.4, -0.2) is 47.9 Å². The molecule has 3 nitrogen and oxygen atoms in total. The number of carbonyl (C=O) groups excluding carboxylic acids is 1. The summed E-state index contributed by atoms with van der Waals surface area (Å²) in [6, 6.07) is 0.588. The Morgan fingerprint density at radius 3 is 3.00 bits per heavy atom. The summed E-state index contributed by atoms with van der Waals surface area (Å²) in [5.74, 6) is 2.48. The lowest BCUT2D eigenvalue weighted by atomic mass is 10.1. The zero-order valence-corrected chi connectivity index (χ0v) is 9.59. The smallest absolute Gasteiger partial charge is 0.299 e. The first-order valence-electron chi connectivity index (χ1n) is 4.96. The zero-order valence-electron chi connectivity index (χ0n) is 8.00. The Morgan fingerprint density at radius 2 is 2.21 bits per heavy atom. The summed E-state index contributed by atoms with van der Waals surface area (Å²) in [7, 11) is 0. The summed E-state index contributed by atoms with van der Waals surface area (Å²) in [5, 5.41) is 0. The molecule has 14 heavy (non-hydrogen) atoms. The van der Waals surface area contributed by atoms with E-state index in [0.29, 0.717) is 6.04 Å². The lowest BCUT2D eigenvalue weighted by Crippen LogP contribution is -2.51. The SMILES string of the molecule is O=C(C#CBr)N1CCN2CCCC2C1. The molecule has 2 aliphatic heterocycles. The van der Waals surface area contributed by atoms with Gasteiger partial charge in [-0.2, -0.15) is 0 Å². The van der Waals surface area contributed by atoms with Crippen LogP contribution in [0.25, 0.3) is 0 Å². The van der Waals surface area contributed by atoms with Crippen LogP contribution in [0.4, 0.5) is 0 Å². The van der Waals surface area contributed by atoms with Gasteiger partial charge >= 0.3 is 0 Å². The van der Waals surface area contributed by atoms with Crippen molar-refractivity contribution in [3.05, 3.63) is 0 Å². The highest BCUT2D eigenvalue weighted by atomic mass is 79.9. The van der Waals surface area contributed by atoms with Crippen LogP contribution in [0.3, 0.4) is 0 Å². The molecule has 0 aromatic carbocycles. The van der Waals surface area contributed by atoms with Gasteiger partial charge in [-0.1, -0.05) is 0 Å². The Hall–Kier alpha value is -0.530. The minimum atomic E-state index is -0.0478. The lowest BCUT2D eigenvalue weighted by Gasteiger charge is -2.36. The highest BCUT2D eigenvalue weighted by Crippen LogP contribution is 2.21. The molecule has 1 amide bonds. The third kappa shape index (κ3) is 1.94. The molecule has 0 radical (unpaired) electrons. The summed E-state index contributed by atoms with van der Waals surface area (Å²) in [6.07, 6.45) is 2.50. The van der Waals surface area contributed by atoms with Crippen LogP contribution in [0.15, 0.2) is 0 Å². The van der Waals surface area contributed by atoms with Crippen molar-refractivity contribution in [2.45, 2.75) is 18.9 Å². The van der Waals surface area contributed by atoms with E-state index in [-0.39, 0.29) is 5.91 Å². The predicted octanol–water partition coefficient (Wildman–Crippen LogP) is 0.649. The van der Waals surface area contributed by atoms with E-state index in [2.05, 4.69) is 31.6 Å². The Labute approximate surface area is 92.6 Å². The maximum absolute atomic E-state index is 11.5. The summed E-state index contributed by atoms with van der Waals surface area (Å²) >= 11 is 2.95. The fraction of sp³-hybridized carbons (Fsp3) is 0.700. The Bertz CT molecular complexity index is 294. The molecule has 76 valence electrons. The van der Waals surface area contributed by atoms with Crippen LogP contribution in [0.1, 0.15) is 12.8 Å². The fourth-order valence-corrected chi connectivity index (χ4v) is 2.46. The van der Waals surface area contributed by atoms with Crippen LogP contribution in [-0.2, 0) is 4.79 Å². The van der Waals surface area contributed by atoms with E-state index in [0.717, 1.165) is 19.6 Å². The van der Waals surface area contributed by atoms with E-state index in [9.17, 15) is 4.79 Å². The van der Waals surface area contributed by atoms with Crippen LogP contribution in [0, 0.1) is 10.8 Å². The molecule has 0 bridgehead atoms. The number of amides is 1. The number of halogens is 1. The lowest BCUT2D eigenvalue weighted by molar-refractivity contribution is -0.127. The summed E-state index contributed by atoms with van der Waals surface area (Å²) in [6.45, 7) is 3.91. The van der Waals surface area contributed by atoms with Crippen molar-refractivity contribution in [1.29, 1.82) is 0 Å². The van der Waals surface area contributed by atoms with Gasteiger partial charge in [0, 0.05) is 47.5 Å². The highest BCUT2D eigenvalue weighted by Gasteiger charge is 2.31. The van der Waals surface area contributed by atoms with Gasteiger partial charge in [0.05, 0.1) is 0 Å². The van der Waals surface area contributed by atoms with Crippen molar-refractivity contribution in [1.82, 2.24) is 9.80 Å². The van der Waals surface area contributed by atoms with Gasteiger partial charge in [-0.15, -0.1) is 0 Å². The molecule has 1 unspecified atom stereocenters. The third-order valence-electron chi connectivity index (χ3n) is 3.03. The second kappa shape index (κ2) is 4.33. The molecule has 0 aromatic rings. The molecule has 4 heteroatoms. The number of rotatable bonds is 0. The molecule has 0 N–H and O–H groups in total. The van der Waals surface area contributed by atoms with Crippen molar-refractivity contribution in [3.63, 3.8) is 0 Å². The van der Waals surface area contributed by atoms with Crippen LogP contribution >= 0.6 is 15.9 Å². The maximum atomic E-state index is 11.5. The quantitative estimate of drug-likeness (QED) is 0.595. The molecule has 0 spiro atoms. The van der Waals surface area contributed by atoms with Crippen molar-refractivity contribution in [2.75, 3.05) is 26.2 Å². The summed E-state index contributed by atoms with van der Waals surface area (Å²) in [4.78, 5) is 18.3. The average molecular weight is 257 g/mol. The monoisotopic (exact) mass is 256 g/mol. The van der Waals surface area contributed by atoms with Gasteiger partial charge in [0.25, 0.3) is 5.91 Å². The van der Waals surface area contributed by atoms with Gasteiger partial charge in [0.2, 0.25) is 0 Å². The first-order chi connectivity index (χ1) is 6.81. The fourth-order valence-electron chi connectivity index (χ4n) is 2.30. The predicted molar refractivity (Wildman–Crippen MR) is 57.9 cm³/mol. The first kappa shape index (κ1) is 10.0. The standard InChI is InChI=1S/C10H13BrN2O/c11-4-3-10(14)13-7-6-12-5-1-2-9(12)8-13/h9H,1-2,5-8H2. The molecular formula is C10H13BrN2O. The Morgan fingerprint density at radius 1 is 1.36 bits per heavy atom. The second-order valence-corrected chi connectivity index (χ2v) is 4.20. The van der Waals surface area contributed by atoms with E-state index in [1.165, 1.54) is 19.4 Å². The van der Waals surface area contributed by atoms with Crippen molar-refractivity contribution in [3.8, 4) is 10.8 Å². The van der Waals surface area contributed by atoms with E-state index in [1.54, 1.807) is 0 Å². The van der Waals surface area contributed by atoms with E-state index in [1.807, 2.05) is 4.90 Å². The van der Waals surface area contributed by atoms with Crippen LogP contribution in [0.2, 0.25) is 0 Å². The maximum Gasteiger partial charge on any atom is 0.299 e. The van der Waals surface area contributed by atoms with E-state index < -0.39 is 0 Å². The molecule has 2 saturated heterocycles. The number of piperazine rings is 1. The van der Waals surface area contributed by atoms with Crippen LogP contribution < -0.4 is 0 Å². The van der Waals surface area contributed by atoms with Gasteiger partial charge in [-0.3, -0.25) is 9.69 Å². The van der Waals surface area contributed by atoms with Crippen molar-refractivity contribution in [2.24, 2.45) is 0 Å². The molecule has 0 aliphatic carbocycles. The normalized spacial score (nSPS) is 26.6. The molecule has 2 aliphatic rings. The van der Waals surface area contributed by atoms with Gasteiger partial charge in [-0.25, -0.2) is 0 Å². The summed E-state index contributed by atoms with van der Waals surface area (Å²) in [5.41, 5.74) is 0. The minimum Gasteiger partial charge on any atom is -0.329 e. The molecule has 1 atom stereocenters. The minimum absolute atomic E-state index is 0.0478. The zero-order chi connectivity index (χ0) is 9.97. The van der Waals surface area contributed by atoms with Gasteiger partial charge in [0.15, 0.2) is 0 Å². The molecular weight excluding hydrogens is 244 g/mol. The number of carbonyl (C=O) groups is 1. The topological polar surface area (TPSA) is 23.6 Å². The largest absolute Gasteiger partial charge is 0.329 e. The van der Waals surface area contributed by atoms with Crippen molar-refractivity contribution >= 4 is 21.8 Å². The molecule has 0 aromatic heterocycles. The number of hydrogen-bond acceptors (Lipinski definition) is 2. The Balaban J connectivity index is 1.96. The van der Waals surface area contributed by atoms with Crippen molar-refractivity contribution < 1.29 is 4.79 Å². The van der Waals surface area contributed by atoms with Gasteiger partial charge in [0.1, 0.15) is 0 Å². The van der Waals surface area contributed by atoms with Gasteiger partial charge in [-0.05, 0) is 24.2 Å². The Kier molecular flexibility index (Phi) is 3.09. The van der Waals surface area contributed by atoms with Gasteiger partial charge < -0.3 is 4.90 Å². The van der Waals surface area contributed by atoms with E-state index >= 15 is 0 Å². The second-order valence-electron chi connectivity index (χ2n) is 3.80. The number of nitrogens with zero attached hydrogens (tertiary/aromatic N) is 2. The molecule has 2 fully saturated rings. The number of fused-ring (bicyclic) bond motifs is 1. The highest BCUT2D eigenvalue weighted by molar-refractivity contribution is 9.12. The molecule has 2 heterocycles. The van der Waals surface area contributed by atoms with E-state index in [4.69, 9.17) is 0 Å². The average Bonchev–Trinajstić information content (AvgIpc) is 2.64. The summed E-state index contributed by atoms with van der Waals surface area (Å²) < 4.78 is 0. The molecule has 0 saturated carbocycles. The molecule has 2 rings (SSSR count). The first-order valence-corrected chi connectivity index (χ1v) is 5.75. The number of hydrogen-bond donors (Lipinski definition) is 0.